The number of halogens is 3. The number of aliphatic hydroxyl groups is 1. The maximum Gasteiger partial charge on any atom is 0.415 e. The van der Waals surface area contributed by atoms with Crippen molar-refractivity contribution < 1.29 is 28.2 Å². The zero-order valence-electron chi connectivity index (χ0n) is 8.81. The molecule has 98 valence electrons. The molecule has 0 radical (unpaired) electrons. The standard InChI is InChI=1S/C9H13F3N2O3/c10-9(11,12)7(15)6-5-2-1-4(3-13-6)14(5)8(16)17/h4-7,13,15H,1-3H2,(H,16,17)/t4-,5+,6-,7?/m0/s1. The highest BCUT2D eigenvalue weighted by molar-refractivity contribution is 5.67. The molecule has 5 nitrogen and oxygen atoms in total. The number of nitrogens with one attached hydrogen (secondary N) is 1. The highest BCUT2D eigenvalue weighted by atomic mass is 19.4. The van der Waals surface area contributed by atoms with Crippen LogP contribution in [0.2, 0.25) is 0 Å². The molecule has 2 saturated heterocycles. The van der Waals surface area contributed by atoms with Crippen LogP contribution in [-0.2, 0) is 0 Å². The van der Waals surface area contributed by atoms with Crippen molar-refractivity contribution in [2.24, 2.45) is 0 Å². The van der Waals surface area contributed by atoms with Gasteiger partial charge in [-0.15, -0.1) is 0 Å². The first-order chi connectivity index (χ1) is 7.82. The van der Waals surface area contributed by atoms with Crippen LogP contribution in [-0.4, -0.2) is 58.2 Å². The van der Waals surface area contributed by atoms with Gasteiger partial charge in [0.2, 0.25) is 0 Å². The molecule has 0 saturated carbocycles. The molecule has 0 aromatic heterocycles. The number of aliphatic hydroxyl groups excluding tert-OH is 1. The zero-order chi connectivity index (χ0) is 12.8. The SMILES string of the molecule is O=C(O)N1[C@H]2CC[C@@H]1[C@@H](C(O)C(F)(F)F)NC2. The van der Waals surface area contributed by atoms with Gasteiger partial charge in [0.25, 0.3) is 0 Å². The first-order valence-electron chi connectivity index (χ1n) is 5.32. The van der Waals surface area contributed by atoms with Gasteiger partial charge in [-0.1, -0.05) is 0 Å². The van der Waals surface area contributed by atoms with Gasteiger partial charge in [0.15, 0.2) is 6.10 Å². The Balaban J connectivity index is 2.18. The molecule has 17 heavy (non-hydrogen) atoms. The van der Waals surface area contributed by atoms with Crippen LogP contribution in [0.4, 0.5) is 18.0 Å². The predicted molar refractivity (Wildman–Crippen MR) is 50.5 cm³/mol. The molecule has 1 unspecified atom stereocenters. The van der Waals surface area contributed by atoms with Crippen LogP contribution in [0.25, 0.3) is 0 Å². The molecule has 1 amide bonds. The number of rotatable bonds is 1. The lowest BCUT2D eigenvalue weighted by Crippen LogP contribution is -2.65. The Hall–Kier alpha value is -1.02. The van der Waals surface area contributed by atoms with Crippen molar-refractivity contribution in [3.63, 3.8) is 0 Å². The highest BCUT2D eigenvalue weighted by Gasteiger charge is 2.53. The normalized spacial score (nSPS) is 34.8. The summed E-state index contributed by atoms with van der Waals surface area (Å²) in [5, 5.41) is 20.8. The number of alkyl halides is 3. The third-order valence-electron chi connectivity index (χ3n) is 3.45. The van der Waals surface area contributed by atoms with Crippen LogP contribution in [0.1, 0.15) is 12.8 Å². The van der Waals surface area contributed by atoms with Gasteiger partial charge in [0, 0.05) is 12.6 Å². The fraction of sp³-hybridized carbons (Fsp3) is 0.889. The molecule has 2 aliphatic heterocycles. The lowest BCUT2D eigenvalue weighted by Gasteiger charge is -2.41. The van der Waals surface area contributed by atoms with Crippen LogP contribution in [0, 0.1) is 0 Å². The van der Waals surface area contributed by atoms with Crippen LogP contribution in [0.15, 0.2) is 0 Å². The minimum Gasteiger partial charge on any atom is -0.465 e. The van der Waals surface area contributed by atoms with E-state index in [0.29, 0.717) is 12.8 Å². The molecule has 0 aliphatic carbocycles. The summed E-state index contributed by atoms with van der Waals surface area (Å²) in [7, 11) is 0. The van der Waals surface area contributed by atoms with Crippen LogP contribution in [0.3, 0.4) is 0 Å². The number of piperazine rings is 1. The zero-order valence-corrected chi connectivity index (χ0v) is 8.81. The summed E-state index contributed by atoms with van der Waals surface area (Å²) in [6.45, 7) is 0.153. The molecule has 2 rings (SSSR count). The third kappa shape index (κ3) is 2.06. The Labute approximate surface area is 95.2 Å². The number of carboxylic acid groups (broad SMARTS) is 1. The molecule has 0 aromatic carbocycles. The summed E-state index contributed by atoms with van der Waals surface area (Å²) in [6.07, 6.45) is -7.61. The summed E-state index contributed by atoms with van der Waals surface area (Å²) >= 11 is 0. The van der Waals surface area contributed by atoms with E-state index < -0.39 is 30.5 Å². The molecular formula is C9H13F3N2O3. The Bertz CT molecular complexity index is 323. The van der Waals surface area contributed by atoms with Crippen molar-refractivity contribution >= 4 is 6.09 Å². The van der Waals surface area contributed by atoms with E-state index in [0.717, 1.165) is 4.90 Å². The quantitative estimate of drug-likeness (QED) is 0.633. The van der Waals surface area contributed by atoms with Crippen molar-refractivity contribution in [2.45, 2.75) is 43.2 Å². The topological polar surface area (TPSA) is 72.8 Å². The van der Waals surface area contributed by atoms with E-state index in [-0.39, 0.29) is 12.6 Å². The molecule has 2 aliphatic rings. The van der Waals surface area contributed by atoms with Crippen molar-refractivity contribution in [3.8, 4) is 0 Å². The molecule has 2 heterocycles. The smallest absolute Gasteiger partial charge is 0.415 e. The van der Waals surface area contributed by atoms with E-state index in [2.05, 4.69) is 5.32 Å². The second-order valence-corrected chi connectivity index (χ2v) is 4.41. The Morgan fingerprint density at radius 3 is 2.59 bits per heavy atom. The van der Waals surface area contributed by atoms with Gasteiger partial charge in [-0.3, -0.25) is 4.90 Å². The second kappa shape index (κ2) is 4.02. The first-order valence-corrected chi connectivity index (χ1v) is 5.32. The molecule has 2 bridgehead atoms. The Kier molecular flexibility index (Phi) is 2.94. The van der Waals surface area contributed by atoms with E-state index in [9.17, 15) is 23.1 Å². The van der Waals surface area contributed by atoms with Crippen LogP contribution in [0.5, 0.6) is 0 Å². The average Bonchev–Trinajstić information content (AvgIpc) is 2.52. The summed E-state index contributed by atoms with van der Waals surface area (Å²) in [6, 6.07) is -2.36. The monoisotopic (exact) mass is 254 g/mol. The molecule has 2 fully saturated rings. The minimum atomic E-state index is -4.74. The van der Waals surface area contributed by atoms with Gasteiger partial charge in [-0.2, -0.15) is 13.2 Å². The van der Waals surface area contributed by atoms with Gasteiger partial charge in [0.1, 0.15) is 0 Å². The summed E-state index contributed by atoms with van der Waals surface area (Å²) in [4.78, 5) is 12.0. The molecule has 0 aromatic rings. The molecular weight excluding hydrogens is 241 g/mol. The fourth-order valence-electron chi connectivity index (χ4n) is 2.70. The van der Waals surface area contributed by atoms with Gasteiger partial charge in [-0.05, 0) is 12.8 Å². The predicted octanol–water partition coefficient (Wildman–Crippen LogP) is 0.392. The minimum absolute atomic E-state index is 0.153. The average molecular weight is 254 g/mol. The van der Waals surface area contributed by atoms with E-state index >= 15 is 0 Å². The number of nitrogens with zero attached hydrogens (tertiary/aromatic N) is 1. The van der Waals surface area contributed by atoms with Crippen molar-refractivity contribution in [2.75, 3.05) is 6.54 Å². The van der Waals surface area contributed by atoms with Gasteiger partial charge in [0.05, 0.1) is 12.1 Å². The summed E-state index contributed by atoms with van der Waals surface area (Å²) < 4.78 is 37.3. The number of hydrogen-bond acceptors (Lipinski definition) is 3. The maximum absolute atomic E-state index is 12.4. The van der Waals surface area contributed by atoms with E-state index in [1.165, 1.54) is 0 Å². The van der Waals surface area contributed by atoms with Crippen molar-refractivity contribution in [1.29, 1.82) is 0 Å². The van der Waals surface area contributed by atoms with E-state index in [4.69, 9.17) is 5.11 Å². The lowest BCUT2D eigenvalue weighted by molar-refractivity contribution is -0.217. The van der Waals surface area contributed by atoms with Crippen LogP contribution >= 0.6 is 0 Å². The molecule has 8 heteroatoms. The van der Waals surface area contributed by atoms with Crippen molar-refractivity contribution in [1.82, 2.24) is 10.2 Å². The molecule has 0 spiro atoms. The van der Waals surface area contributed by atoms with Gasteiger partial charge < -0.3 is 15.5 Å². The lowest BCUT2D eigenvalue weighted by atomic mass is 9.99. The summed E-state index contributed by atoms with van der Waals surface area (Å²) in [5.41, 5.74) is 0. The van der Waals surface area contributed by atoms with Gasteiger partial charge in [-0.25, -0.2) is 4.79 Å². The van der Waals surface area contributed by atoms with E-state index in [1.54, 1.807) is 0 Å². The van der Waals surface area contributed by atoms with Gasteiger partial charge >= 0.3 is 12.3 Å². The highest BCUT2D eigenvalue weighted by Crippen LogP contribution is 2.34. The van der Waals surface area contributed by atoms with Crippen LogP contribution < -0.4 is 5.32 Å². The number of amides is 1. The largest absolute Gasteiger partial charge is 0.465 e. The summed E-state index contributed by atoms with van der Waals surface area (Å²) in [5.74, 6) is 0. The maximum atomic E-state index is 12.4. The second-order valence-electron chi connectivity index (χ2n) is 4.41. The Morgan fingerprint density at radius 1 is 1.41 bits per heavy atom. The molecule has 4 atom stereocenters. The first kappa shape index (κ1) is 12.4. The molecule has 3 N–H and O–H groups in total. The fourth-order valence-corrected chi connectivity index (χ4v) is 2.70. The number of carbonyl (C=O) groups is 1. The Morgan fingerprint density at radius 2 is 2.06 bits per heavy atom. The number of hydrogen-bond donors (Lipinski definition) is 3. The third-order valence-corrected chi connectivity index (χ3v) is 3.45. The number of fused-ring (bicyclic) bond motifs is 2. The van der Waals surface area contributed by atoms with Crippen molar-refractivity contribution in [3.05, 3.63) is 0 Å². The van der Waals surface area contributed by atoms with E-state index in [1.807, 2.05) is 0 Å².